The highest BCUT2D eigenvalue weighted by Crippen LogP contribution is 2.24. The molecule has 2 aliphatic rings. The van der Waals surface area contributed by atoms with Crippen LogP contribution in [0.4, 0.5) is 0 Å². The molecule has 0 aromatic rings. The van der Waals surface area contributed by atoms with Crippen LogP contribution < -0.4 is 10.6 Å². The van der Waals surface area contributed by atoms with Crippen LogP contribution in [-0.4, -0.2) is 45.0 Å². The average molecular weight is 441 g/mol. The second kappa shape index (κ2) is 9.10. The van der Waals surface area contributed by atoms with Crippen LogP contribution in [0.2, 0.25) is 0 Å². The van der Waals surface area contributed by atoms with Crippen molar-refractivity contribution in [3.63, 3.8) is 0 Å². The van der Waals surface area contributed by atoms with E-state index in [0.717, 1.165) is 18.3 Å². The van der Waals surface area contributed by atoms with Gasteiger partial charge in [0.25, 0.3) is 0 Å². The van der Waals surface area contributed by atoms with Gasteiger partial charge in [0.15, 0.2) is 15.8 Å². The monoisotopic (exact) mass is 441 g/mol. The lowest BCUT2D eigenvalue weighted by Gasteiger charge is -2.17. The number of hydrogen-bond acceptors (Lipinski definition) is 3. The SMILES string of the molecule is C=CCNC(=NCC1CCS(=O)(=O)C1)NC1CCC(C)C1.I. The molecule has 1 heterocycles. The summed E-state index contributed by atoms with van der Waals surface area (Å²) in [7, 11) is -2.82. The van der Waals surface area contributed by atoms with Gasteiger partial charge < -0.3 is 10.6 Å². The molecule has 22 heavy (non-hydrogen) atoms. The molecule has 7 heteroatoms. The highest BCUT2D eigenvalue weighted by molar-refractivity contribution is 14.0. The van der Waals surface area contributed by atoms with E-state index in [1.165, 1.54) is 19.3 Å². The van der Waals surface area contributed by atoms with Crippen molar-refractivity contribution in [3.8, 4) is 0 Å². The summed E-state index contributed by atoms with van der Waals surface area (Å²) < 4.78 is 23.0. The second-order valence-corrected chi connectivity index (χ2v) is 8.62. The zero-order chi connectivity index (χ0) is 15.3. The molecular weight excluding hydrogens is 413 g/mol. The minimum absolute atomic E-state index is 0. The Bertz CT molecular complexity index is 493. The van der Waals surface area contributed by atoms with Crippen LogP contribution in [0, 0.1) is 11.8 Å². The fraction of sp³-hybridized carbons (Fsp3) is 0.800. The first-order valence-electron chi connectivity index (χ1n) is 7.84. The van der Waals surface area contributed by atoms with Gasteiger partial charge in [-0.25, -0.2) is 8.42 Å². The Labute approximate surface area is 151 Å². The molecule has 5 nitrogen and oxygen atoms in total. The maximum atomic E-state index is 11.5. The molecule has 1 aliphatic carbocycles. The minimum atomic E-state index is -2.82. The summed E-state index contributed by atoms with van der Waals surface area (Å²) in [5, 5.41) is 6.69. The summed E-state index contributed by atoms with van der Waals surface area (Å²) in [5.74, 6) is 2.32. The van der Waals surface area contributed by atoms with Crippen molar-refractivity contribution in [2.45, 2.75) is 38.6 Å². The molecule has 2 fully saturated rings. The van der Waals surface area contributed by atoms with Crippen LogP contribution in [0.3, 0.4) is 0 Å². The van der Waals surface area contributed by atoms with Crippen molar-refractivity contribution >= 4 is 39.8 Å². The predicted molar refractivity (Wildman–Crippen MR) is 103 cm³/mol. The lowest BCUT2D eigenvalue weighted by Crippen LogP contribution is -2.43. The smallest absolute Gasteiger partial charge is 0.191 e. The van der Waals surface area contributed by atoms with E-state index in [4.69, 9.17) is 0 Å². The van der Waals surface area contributed by atoms with Crippen molar-refractivity contribution in [3.05, 3.63) is 12.7 Å². The average Bonchev–Trinajstić information content (AvgIpc) is 2.98. The number of aliphatic imine (C=N–C) groups is 1. The van der Waals surface area contributed by atoms with Crippen LogP contribution in [-0.2, 0) is 9.84 Å². The van der Waals surface area contributed by atoms with Crippen molar-refractivity contribution < 1.29 is 8.42 Å². The van der Waals surface area contributed by atoms with E-state index >= 15 is 0 Å². The van der Waals surface area contributed by atoms with E-state index in [0.29, 0.717) is 24.9 Å². The molecule has 0 aromatic heterocycles. The van der Waals surface area contributed by atoms with E-state index in [-0.39, 0.29) is 35.6 Å². The van der Waals surface area contributed by atoms with Crippen LogP contribution in [0.1, 0.15) is 32.6 Å². The standard InChI is InChI=1S/C15H27N3O2S.HI/c1-3-7-16-15(18-14-5-4-12(2)9-14)17-10-13-6-8-21(19,20)11-13;/h3,12-14H,1,4-11H2,2H3,(H2,16,17,18);1H. The Hall–Kier alpha value is -0.310. The van der Waals surface area contributed by atoms with E-state index in [9.17, 15) is 8.42 Å². The quantitative estimate of drug-likeness (QED) is 0.296. The van der Waals surface area contributed by atoms with Crippen molar-refractivity contribution in [2.24, 2.45) is 16.8 Å². The fourth-order valence-electron chi connectivity index (χ4n) is 3.09. The zero-order valence-electron chi connectivity index (χ0n) is 13.3. The summed E-state index contributed by atoms with van der Waals surface area (Å²) in [6.45, 7) is 7.23. The highest BCUT2D eigenvalue weighted by atomic mass is 127. The molecule has 0 aromatic carbocycles. The first kappa shape index (κ1) is 19.7. The second-order valence-electron chi connectivity index (χ2n) is 6.39. The summed E-state index contributed by atoms with van der Waals surface area (Å²) in [6.07, 6.45) is 6.14. The number of hydrogen-bond donors (Lipinski definition) is 2. The molecule has 0 radical (unpaired) electrons. The molecule has 2 rings (SSSR count). The van der Waals surface area contributed by atoms with E-state index < -0.39 is 9.84 Å². The maximum Gasteiger partial charge on any atom is 0.191 e. The van der Waals surface area contributed by atoms with Gasteiger partial charge >= 0.3 is 0 Å². The lowest BCUT2D eigenvalue weighted by atomic mass is 10.1. The predicted octanol–water partition coefficient (Wildman–Crippen LogP) is 1.95. The molecule has 1 aliphatic heterocycles. The zero-order valence-corrected chi connectivity index (χ0v) is 16.4. The van der Waals surface area contributed by atoms with Gasteiger partial charge in [0.2, 0.25) is 0 Å². The van der Waals surface area contributed by atoms with E-state index in [1.54, 1.807) is 6.08 Å². The third-order valence-corrected chi connectivity index (χ3v) is 6.12. The van der Waals surface area contributed by atoms with Gasteiger partial charge in [0.1, 0.15) is 0 Å². The Morgan fingerprint density at radius 2 is 2.14 bits per heavy atom. The van der Waals surface area contributed by atoms with E-state index in [1.807, 2.05) is 0 Å². The summed E-state index contributed by atoms with van der Waals surface area (Å²) in [4.78, 5) is 4.58. The number of nitrogens with one attached hydrogen (secondary N) is 2. The minimum Gasteiger partial charge on any atom is -0.354 e. The number of sulfone groups is 1. The molecule has 2 N–H and O–H groups in total. The van der Waals surface area contributed by atoms with Crippen molar-refractivity contribution in [2.75, 3.05) is 24.6 Å². The largest absolute Gasteiger partial charge is 0.354 e. The molecular formula is C15H28IN3O2S. The summed E-state index contributed by atoms with van der Waals surface area (Å²) in [6, 6.07) is 0.475. The molecule has 3 unspecified atom stereocenters. The normalized spacial score (nSPS) is 30.6. The van der Waals surface area contributed by atoms with Crippen LogP contribution in [0.15, 0.2) is 17.6 Å². The number of halogens is 1. The Morgan fingerprint density at radius 1 is 1.36 bits per heavy atom. The third kappa shape index (κ3) is 6.44. The Balaban J connectivity index is 0.00000242. The number of guanidine groups is 1. The van der Waals surface area contributed by atoms with Crippen LogP contribution >= 0.6 is 24.0 Å². The fourth-order valence-corrected chi connectivity index (χ4v) is 4.94. The van der Waals surface area contributed by atoms with Crippen molar-refractivity contribution in [1.82, 2.24) is 10.6 Å². The van der Waals surface area contributed by atoms with Crippen molar-refractivity contribution in [1.29, 1.82) is 0 Å². The molecule has 128 valence electrons. The molecule has 1 saturated heterocycles. The molecule has 1 saturated carbocycles. The van der Waals surface area contributed by atoms with Gasteiger partial charge in [-0.2, -0.15) is 0 Å². The maximum absolute atomic E-state index is 11.5. The van der Waals surface area contributed by atoms with Gasteiger partial charge in [0.05, 0.1) is 11.5 Å². The summed E-state index contributed by atoms with van der Waals surface area (Å²) >= 11 is 0. The first-order valence-corrected chi connectivity index (χ1v) is 9.67. The lowest BCUT2D eigenvalue weighted by molar-refractivity contribution is 0.559. The molecule has 0 amide bonds. The number of rotatable bonds is 5. The van der Waals surface area contributed by atoms with Gasteiger partial charge in [0, 0.05) is 19.1 Å². The van der Waals surface area contributed by atoms with Gasteiger partial charge in [-0.3, -0.25) is 4.99 Å². The number of nitrogens with zero attached hydrogens (tertiary/aromatic N) is 1. The Kier molecular flexibility index (Phi) is 8.16. The Morgan fingerprint density at radius 3 is 2.68 bits per heavy atom. The summed E-state index contributed by atoms with van der Waals surface area (Å²) in [5.41, 5.74) is 0. The first-order chi connectivity index (χ1) is 9.98. The molecule has 3 atom stereocenters. The molecule has 0 spiro atoms. The third-order valence-electron chi connectivity index (χ3n) is 4.28. The topological polar surface area (TPSA) is 70.6 Å². The van der Waals surface area contributed by atoms with E-state index in [2.05, 4.69) is 29.1 Å². The van der Waals surface area contributed by atoms with Gasteiger partial charge in [-0.05, 0) is 37.5 Å². The highest BCUT2D eigenvalue weighted by Gasteiger charge is 2.28. The van der Waals surface area contributed by atoms with Crippen LogP contribution in [0.25, 0.3) is 0 Å². The van der Waals surface area contributed by atoms with Gasteiger partial charge in [-0.1, -0.05) is 13.0 Å². The van der Waals surface area contributed by atoms with Gasteiger partial charge in [-0.15, -0.1) is 30.6 Å². The molecule has 0 bridgehead atoms. The van der Waals surface area contributed by atoms with Crippen LogP contribution in [0.5, 0.6) is 0 Å².